The molecule has 1 aliphatic heterocycles. The van der Waals surface area contributed by atoms with Crippen LogP contribution in [0.1, 0.15) is 12.8 Å². The maximum absolute atomic E-state index is 5.84. The predicted octanol–water partition coefficient (Wildman–Crippen LogP) is 3.54. The van der Waals surface area contributed by atoms with Crippen LogP contribution >= 0.6 is 23.4 Å². The average molecular weight is 286 g/mol. The molecule has 0 atom stereocenters. The lowest BCUT2D eigenvalue weighted by atomic mass is 10.4. The van der Waals surface area contributed by atoms with Crippen LogP contribution in [0.3, 0.4) is 0 Å². The van der Waals surface area contributed by atoms with Gasteiger partial charge in [-0.25, -0.2) is 0 Å². The van der Waals surface area contributed by atoms with E-state index in [1.54, 1.807) is 0 Å². The van der Waals surface area contributed by atoms with Crippen molar-refractivity contribution in [2.45, 2.75) is 17.7 Å². The first kappa shape index (κ1) is 14.2. The van der Waals surface area contributed by atoms with Gasteiger partial charge in [-0.05, 0) is 50.2 Å². The highest BCUT2D eigenvalue weighted by atomic mass is 35.5. The second-order valence-electron chi connectivity index (χ2n) is 4.46. The van der Waals surface area contributed by atoms with E-state index < -0.39 is 0 Å². The van der Waals surface area contributed by atoms with Crippen molar-refractivity contribution in [3.63, 3.8) is 0 Å². The summed E-state index contributed by atoms with van der Waals surface area (Å²) in [5, 5.41) is 0.793. The van der Waals surface area contributed by atoms with Crippen molar-refractivity contribution >= 4 is 23.4 Å². The summed E-state index contributed by atoms with van der Waals surface area (Å²) >= 11 is 7.65. The molecule has 1 aliphatic rings. The van der Waals surface area contributed by atoms with Crippen LogP contribution < -0.4 is 0 Å². The van der Waals surface area contributed by atoms with E-state index in [1.165, 1.54) is 30.8 Å². The van der Waals surface area contributed by atoms with E-state index in [-0.39, 0.29) is 0 Å². The Morgan fingerprint density at radius 3 is 2.56 bits per heavy atom. The van der Waals surface area contributed by atoms with Crippen molar-refractivity contribution < 1.29 is 4.74 Å². The minimum absolute atomic E-state index is 0.793. The Labute approximate surface area is 119 Å². The first-order valence-corrected chi connectivity index (χ1v) is 7.89. The third-order valence-electron chi connectivity index (χ3n) is 3.06. The molecular weight excluding hydrogens is 266 g/mol. The van der Waals surface area contributed by atoms with Gasteiger partial charge in [-0.3, -0.25) is 0 Å². The number of rotatable bonds is 7. The molecule has 0 spiro atoms. The smallest absolute Gasteiger partial charge is 0.0593 e. The van der Waals surface area contributed by atoms with Crippen LogP contribution in [0.15, 0.2) is 29.2 Å². The lowest BCUT2D eigenvalue weighted by Gasteiger charge is -2.14. The minimum Gasteiger partial charge on any atom is -0.379 e. The molecule has 100 valence electrons. The van der Waals surface area contributed by atoms with Gasteiger partial charge in [0.25, 0.3) is 0 Å². The van der Waals surface area contributed by atoms with Crippen molar-refractivity contribution in [3.8, 4) is 0 Å². The zero-order chi connectivity index (χ0) is 12.6. The fraction of sp³-hybridized carbons (Fsp3) is 0.571. The van der Waals surface area contributed by atoms with Crippen LogP contribution in [0.4, 0.5) is 0 Å². The quantitative estimate of drug-likeness (QED) is 0.562. The first-order valence-electron chi connectivity index (χ1n) is 6.53. The van der Waals surface area contributed by atoms with Gasteiger partial charge >= 0.3 is 0 Å². The van der Waals surface area contributed by atoms with Crippen LogP contribution in [0.25, 0.3) is 0 Å². The highest BCUT2D eigenvalue weighted by molar-refractivity contribution is 7.99. The maximum Gasteiger partial charge on any atom is 0.0593 e. The Bertz CT molecular complexity index is 338. The van der Waals surface area contributed by atoms with Crippen molar-refractivity contribution in [1.29, 1.82) is 0 Å². The molecule has 0 aromatic heterocycles. The number of likely N-dealkylation sites (tertiary alicyclic amines) is 1. The molecule has 0 bridgehead atoms. The molecule has 2 rings (SSSR count). The van der Waals surface area contributed by atoms with Crippen molar-refractivity contribution in [2.24, 2.45) is 0 Å². The van der Waals surface area contributed by atoms with Gasteiger partial charge in [0, 0.05) is 22.2 Å². The van der Waals surface area contributed by atoms with Gasteiger partial charge in [0.1, 0.15) is 0 Å². The van der Waals surface area contributed by atoms with Gasteiger partial charge in [-0.2, -0.15) is 0 Å². The van der Waals surface area contributed by atoms with Crippen molar-refractivity contribution in [3.05, 3.63) is 29.3 Å². The highest BCUT2D eigenvalue weighted by Gasteiger charge is 2.10. The third kappa shape index (κ3) is 5.19. The molecule has 1 heterocycles. The molecule has 0 radical (unpaired) electrons. The van der Waals surface area contributed by atoms with E-state index in [0.29, 0.717) is 0 Å². The molecular formula is C14H20ClNOS. The lowest BCUT2D eigenvalue weighted by Crippen LogP contribution is -2.24. The zero-order valence-electron chi connectivity index (χ0n) is 10.6. The van der Waals surface area contributed by atoms with Gasteiger partial charge in [-0.1, -0.05) is 11.6 Å². The minimum atomic E-state index is 0.793. The Morgan fingerprint density at radius 1 is 1.11 bits per heavy atom. The Kier molecular flexibility index (Phi) is 6.35. The molecule has 0 amide bonds. The second kappa shape index (κ2) is 8.05. The number of hydrogen-bond donors (Lipinski definition) is 0. The van der Waals surface area contributed by atoms with Crippen LogP contribution in [-0.2, 0) is 4.74 Å². The third-order valence-corrected chi connectivity index (χ3v) is 4.29. The van der Waals surface area contributed by atoms with Crippen LogP contribution in [-0.4, -0.2) is 43.5 Å². The molecule has 1 saturated heterocycles. The summed E-state index contributed by atoms with van der Waals surface area (Å²) < 4.78 is 5.65. The summed E-state index contributed by atoms with van der Waals surface area (Å²) in [4.78, 5) is 3.73. The Balaban J connectivity index is 1.49. The molecule has 1 aromatic carbocycles. The molecule has 0 saturated carbocycles. The molecule has 18 heavy (non-hydrogen) atoms. The number of hydrogen-bond acceptors (Lipinski definition) is 3. The van der Waals surface area contributed by atoms with E-state index in [1.807, 2.05) is 23.9 Å². The number of ether oxygens (including phenoxy) is 1. The van der Waals surface area contributed by atoms with E-state index in [0.717, 1.165) is 30.5 Å². The molecule has 4 heteroatoms. The average Bonchev–Trinajstić information content (AvgIpc) is 2.89. The fourth-order valence-electron chi connectivity index (χ4n) is 2.05. The monoisotopic (exact) mass is 285 g/mol. The molecule has 1 aromatic rings. The summed E-state index contributed by atoms with van der Waals surface area (Å²) in [6, 6.07) is 7.96. The zero-order valence-corrected chi connectivity index (χ0v) is 12.2. The maximum atomic E-state index is 5.84. The Hall–Kier alpha value is -0.220. The lowest BCUT2D eigenvalue weighted by molar-refractivity contribution is 0.124. The van der Waals surface area contributed by atoms with Crippen LogP contribution in [0.5, 0.6) is 0 Å². The molecule has 0 unspecified atom stereocenters. The SMILES string of the molecule is Clc1ccc(SCCOCCN2CCCC2)cc1. The van der Waals surface area contributed by atoms with Gasteiger partial charge < -0.3 is 9.64 Å². The van der Waals surface area contributed by atoms with Gasteiger partial charge in [-0.15, -0.1) is 11.8 Å². The number of benzene rings is 1. The van der Waals surface area contributed by atoms with Crippen LogP contribution in [0, 0.1) is 0 Å². The number of nitrogens with zero attached hydrogens (tertiary/aromatic N) is 1. The van der Waals surface area contributed by atoms with E-state index in [9.17, 15) is 0 Å². The molecule has 2 nitrogen and oxygen atoms in total. The first-order chi connectivity index (χ1) is 8.84. The predicted molar refractivity (Wildman–Crippen MR) is 78.7 cm³/mol. The fourth-order valence-corrected chi connectivity index (χ4v) is 2.94. The summed E-state index contributed by atoms with van der Waals surface area (Å²) in [7, 11) is 0. The summed E-state index contributed by atoms with van der Waals surface area (Å²) in [6.07, 6.45) is 2.71. The standard InChI is InChI=1S/C14H20ClNOS/c15-13-3-5-14(6-4-13)18-12-11-17-10-9-16-7-1-2-8-16/h3-6H,1-2,7-12H2. The van der Waals surface area contributed by atoms with Gasteiger partial charge in [0.2, 0.25) is 0 Å². The van der Waals surface area contributed by atoms with E-state index in [2.05, 4.69) is 17.0 Å². The molecule has 0 aliphatic carbocycles. The van der Waals surface area contributed by atoms with E-state index >= 15 is 0 Å². The number of halogens is 1. The summed E-state index contributed by atoms with van der Waals surface area (Å²) in [5.74, 6) is 1.00. The Morgan fingerprint density at radius 2 is 1.83 bits per heavy atom. The van der Waals surface area contributed by atoms with Crippen LogP contribution in [0.2, 0.25) is 5.02 Å². The second-order valence-corrected chi connectivity index (χ2v) is 6.07. The van der Waals surface area contributed by atoms with E-state index in [4.69, 9.17) is 16.3 Å². The van der Waals surface area contributed by atoms with Crippen molar-refractivity contribution in [1.82, 2.24) is 4.90 Å². The van der Waals surface area contributed by atoms with Crippen molar-refractivity contribution in [2.75, 3.05) is 38.6 Å². The molecule has 1 fully saturated rings. The topological polar surface area (TPSA) is 12.5 Å². The number of thioether (sulfide) groups is 1. The summed E-state index contributed by atoms with van der Waals surface area (Å²) in [6.45, 7) is 5.28. The normalized spacial score (nSPS) is 16.3. The molecule has 0 N–H and O–H groups in total. The summed E-state index contributed by atoms with van der Waals surface area (Å²) in [5.41, 5.74) is 0. The highest BCUT2D eigenvalue weighted by Crippen LogP contribution is 2.19. The van der Waals surface area contributed by atoms with Gasteiger partial charge in [0.05, 0.1) is 13.2 Å². The largest absolute Gasteiger partial charge is 0.379 e. The van der Waals surface area contributed by atoms with Gasteiger partial charge in [0.15, 0.2) is 0 Å².